The number of likely N-dealkylation sites (N-methyl/N-ethyl adjacent to an activating group) is 1. The number of carbonyl (C=O) groups excluding carboxylic acids is 1. The van der Waals surface area contributed by atoms with Gasteiger partial charge < -0.3 is 10.2 Å². The molecule has 2 aromatic carbocycles. The molecule has 0 spiro atoms. The molecule has 10 heteroatoms. The van der Waals surface area contributed by atoms with Crippen LogP contribution < -0.4 is 10.2 Å². The van der Waals surface area contributed by atoms with E-state index in [9.17, 15) is 22.0 Å². The Morgan fingerprint density at radius 2 is 1.59 bits per heavy atom. The molecule has 0 heterocycles. The SMILES string of the molecule is CN(C)c1c(F)cc(NC(=O)CN(C)S(=O)(=O)c2ccc(Cl)cc2)cc1F. The Kier molecular flexibility index (Phi) is 6.40. The largest absolute Gasteiger partial charge is 0.373 e. The van der Waals surface area contributed by atoms with E-state index in [4.69, 9.17) is 11.6 Å². The van der Waals surface area contributed by atoms with Crippen LogP contribution in [0.2, 0.25) is 5.02 Å². The van der Waals surface area contributed by atoms with Gasteiger partial charge in [-0.15, -0.1) is 0 Å². The van der Waals surface area contributed by atoms with Crippen molar-refractivity contribution in [2.45, 2.75) is 4.90 Å². The minimum Gasteiger partial charge on any atom is -0.373 e. The molecule has 0 radical (unpaired) electrons. The van der Waals surface area contributed by atoms with Gasteiger partial charge in [0.15, 0.2) is 11.6 Å². The van der Waals surface area contributed by atoms with Gasteiger partial charge in [0, 0.05) is 31.9 Å². The molecule has 0 aliphatic carbocycles. The van der Waals surface area contributed by atoms with E-state index in [1.54, 1.807) is 0 Å². The smallest absolute Gasteiger partial charge is 0.243 e. The summed E-state index contributed by atoms with van der Waals surface area (Å²) in [6.07, 6.45) is 0. The second-order valence-electron chi connectivity index (χ2n) is 5.95. The Hall–Kier alpha value is -2.23. The third-order valence-corrected chi connectivity index (χ3v) is 5.71. The molecule has 1 amide bonds. The van der Waals surface area contributed by atoms with E-state index in [0.717, 1.165) is 16.4 Å². The first-order valence-corrected chi connectivity index (χ1v) is 9.52. The lowest BCUT2D eigenvalue weighted by Crippen LogP contribution is -2.35. The van der Waals surface area contributed by atoms with Crippen LogP contribution in [-0.4, -0.2) is 46.3 Å². The fraction of sp³-hybridized carbons (Fsp3) is 0.235. The highest BCUT2D eigenvalue weighted by Gasteiger charge is 2.23. The Bertz CT molecular complexity index is 927. The van der Waals surface area contributed by atoms with E-state index in [0.29, 0.717) is 5.02 Å². The highest BCUT2D eigenvalue weighted by atomic mass is 35.5. The molecular weight excluding hydrogens is 400 g/mol. The van der Waals surface area contributed by atoms with Crippen molar-refractivity contribution in [3.05, 3.63) is 53.1 Å². The maximum absolute atomic E-state index is 14.0. The number of anilines is 2. The van der Waals surface area contributed by atoms with Crippen molar-refractivity contribution in [1.82, 2.24) is 4.31 Å². The van der Waals surface area contributed by atoms with Gasteiger partial charge >= 0.3 is 0 Å². The summed E-state index contributed by atoms with van der Waals surface area (Å²) in [5.41, 5.74) is -0.353. The summed E-state index contributed by atoms with van der Waals surface area (Å²) in [5, 5.41) is 2.66. The second-order valence-corrected chi connectivity index (χ2v) is 8.43. The van der Waals surface area contributed by atoms with Crippen molar-refractivity contribution in [3.63, 3.8) is 0 Å². The van der Waals surface area contributed by atoms with Crippen molar-refractivity contribution in [2.24, 2.45) is 0 Å². The molecule has 0 aliphatic heterocycles. The summed E-state index contributed by atoms with van der Waals surface area (Å²) < 4.78 is 53.6. The summed E-state index contributed by atoms with van der Waals surface area (Å²) in [5.74, 6) is -2.44. The number of nitrogens with one attached hydrogen (secondary N) is 1. The van der Waals surface area contributed by atoms with E-state index in [1.165, 1.54) is 50.3 Å². The van der Waals surface area contributed by atoms with Crippen LogP contribution in [0.5, 0.6) is 0 Å². The summed E-state index contributed by atoms with van der Waals surface area (Å²) in [6.45, 7) is -0.538. The average molecular weight is 418 g/mol. The van der Waals surface area contributed by atoms with Crippen LogP contribution in [0.25, 0.3) is 0 Å². The molecule has 0 unspecified atom stereocenters. The molecule has 0 aromatic heterocycles. The van der Waals surface area contributed by atoms with Crippen molar-refractivity contribution >= 4 is 38.9 Å². The molecule has 0 saturated heterocycles. The molecule has 2 aromatic rings. The molecule has 0 atom stereocenters. The van der Waals surface area contributed by atoms with E-state index >= 15 is 0 Å². The van der Waals surface area contributed by atoms with Crippen LogP contribution in [0, 0.1) is 11.6 Å². The Morgan fingerprint density at radius 3 is 2.07 bits per heavy atom. The van der Waals surface area contributed by atoms with Crippen LogP contribution in [0.15, 0.2) is 41.3 Å². The van der Waals surface area contributed by atoms with Crippen molar-refractivity contribution in [1.29, 1.82) is 0 Å². The topological polar surface area (TPSA) is 69.7 Å². The third-order valence-electron chi connectivity index (χ3n) is 3.64. The molecular formula is C17H18ClF2N3O3S. The van der Waals surface area contributed by atoms with Crippen LogP contribution in [0.1, 0.15) is 0 Å². The number of halogens is 3. The second kappa shape index (κ2) is 8.20. The monoisotopic (exact) mass is 417 g/mol. The Morgan fingerprint density at radius 1 is 1.07 bits per heavy atom. The number of benzene rings is 2. The van der Waals surface area contributed by atoms with Crippen molar-refractivity contribution in [3.8, 4) is 0 Å². The summed E-state index contributed by atoms with van der Waals surface area (Å²) in [4.78, 5) is 13.3. The molecule has 146 valence electrons. The molecule has 27 heavy (non-hydrogen) atoms. The van der Waals surface area contributed by atoms with E-state index in [-0.39, 0.29) is 16.3 Å². The first kappa shape index (κ1) is 21.1. The molecule has 0 aliphatic rings. The minimum absolute atomic E-state index is 0.0328. The Balaban J connectivity index is 2.12. The molecule has 0 saturated carbocycles. The summed E-state index contributed by atoms with van der Waals surface area (Å²) in [7, 11) is 0.269. The summed E-state index contributed by atoms with van der Waals surface area (Å²) in [6, 6.07) is 7.39. The maximum Gasteiger partial charge on any atom is 0.243 e. The van der Waals surface area contributed by atoms with Crippen LogP contribution in [0.4, 0.5) is 20.2 Å². The lowest BCUT2D eigenvalue weighted by atomic mass is 10.2. The molecule has 1 N–H and O–H groups in total. The number of sulfonamides is 1. The molecule has 2 rings (SSSR count). The average Bonchev–Trinajstić information content (AvgIpc) is 2.53. The minimum atomic E-state index is -3.92. The van der Waals surface area contributed by atoms with E-state index in [2.05, 4.69) is 5.32 Å². The van der Waals surface area contributed by atoms with Gasteiger partial charge in [-0.25, -0.2) is 17.2 Å². The van der Waals surface area contributed by atoms with E-state index < -0.39 is 34.1 Å². The fourth-order valence-electron chi connectivity index (χ4n) is 2.34. The number of carbonyl (C=O) groups is 1. The number of amides is 1. The van der Waals surface area contributed by atoms with Gasteiger partial charge in [0.1, 0.15) is 5.69 Å². The summed E-state index contributed by atoms with van der Waals surface area (Å²) >= 11 is 5.74. The third kappa shape index (κ3) is 4.94. The molecule has 6 nitrogen and oxygen atoms in total. The highest BCUT2D eigenvalue weighted by Crippen LogP contribution is 2.25. The predicted octanol–water partition coefficient (Wildman–Crippen LogP) is 2.94. The number of hydrogen-bond donors (Lipinski definition) is 1. The van der Waals surface area contributed by atoms with Gasteiger partial charge in [-0.3, -0.25) is 4.79 Å². The van der Waals surface area contributed by atoms with E-state index in [1.807, 2.05) is 0 Å². The maximum atomic E-state index is 14.0. The lowest BCUT2D eigenvalue weighted by molar-refractivity contribution is -0.116. The Labute approximate surface area is 161 Å². The zero-order chi connectivity index (χ0) is 20.4. The first-order valence-electron chi connectivity index (χ1n) is 7.70. The zero-order valence-corrected chi connectivity index (χ0v) is 16.4. The van der Waals surface area contributed by atoms with Crippen LogP contribution in [0.3, 0.4) is 0 Å². The quantitative estimate of drug-likeness (QED) is 0.784. The fourth-order valence-corrected chi connectivity index (χ4v) is 3.59. The highest BCUT2D eigenvalue weighted by molar-refractivity contribution is 7.89. The van der Waals surface area contributed by atoms with Crippen LogP contribution in [-0.2, 0) is 14.8 Å². The molecule has 0 bridgehead atoms. The number of nitrogens with zero attached hydrogens (tertiary/aromatic N) is 2. The van der Waals surface area contributed by atoms with Gasteiger partial charge in [-0.05, 0) is 36.4 Å². The van der Waals surface area contributed by atoms with Crippen molar-refractivity contribution < 1.29 is 22.0 Å². The zero-order valence-electron chi connectivity index (χ0n) is 14.8. The van der Waals surface area contributed by atoms with Gasteiger partial charge in [-0.1, -0.05) is 11.6 Å². The van der Waals surface area contributed by atoms with Crippen LogP contribution >= 0.6 is 11.6 Å². The standard InChI is InChI=1S/C17H18ClF2N3O3S/c1-22(2)17-14(19)8-12(9-15(17)20)21-16(24)10-23(3)27(25,26)13-6-4-11(18)5-7-13/h4-9H,10H2,1-3H3,(H,21,24). The van der Waals surface area contributed by atoms with Gasteiger partial charge in [-0.2, -0.15) is 4.31 Å². The number of rotatable bonds is 6. The first-order chi connectivity index (χ1) is 12.5. The van der Waals surface area contributed by atoms with Gasteiger partial charge in [0.25, 0.3) is 0 Å². The lowest BCUT2D eigenvalue weighted by Gasteiger charge is -2.18. The van der Waals surface area contributed by atoms with Crippen molar-refractivity contribution in [2.75, 3.05) is 37.9 Å². The van der Waals surface area contributed by atoms with Gasteiger partial charge in [0.2, 0.25) is 15.9 Å². The predicted molar refractivity (Wildman–Crippen MR) is 101 cm³/mol. The normalized spacial score (nSPS) is 11.5. The van der Waals surface area contributed by atoms with Gasteiger partial charge in [0.05, 0.1) is 11.4 Å². The number of hydrogen-bond acceptors (Lipinski definition) is 4. The molecule has 0 fully saturated rings.